The maximum atomic E-state index is 13.3. The molecule has 1 atom stereocenters. The van der Waals surface area contributed by atoms with Crippen LogP contribution in [0.1, 0.15) is 35.3 Å². The smallest absolute Gasteiger partial charge is 0.338 e. The van der Waals surface area contributed by atoms with Crippen LogP contribution in [0.25, 0.3) is 0 Å². The van der Waals surface area contributed by atoms with Crippen molar-refractivity contribution in [2.75, 3.05) is 53.0 Å². The van der Waals surface area contributed by atoms with E-state index in [4.69, 9.17) is 9.47 Å². The lowest BCUT2D eigenvalue weighted by atomic mass is 9.94. The molecule has 1 unspecified atom stereocenters. The molecule has 0 saturated carbocycles. The number of nitrogens with one attached hydrogen (secondary N) is 1. The van der Waals surface area contributed by atoms with Crippen molar-refractivity contribution in [1.29, 1.82) is 0 Å². The van der Waals surface area contributed by atoms with Gasteiger partial charge in [0.05, 0.1) is 25.3 Å². The van der Waals surface area contributed by atoms with Gasteiger partial charge in [-0.25, -0.2) is 9.59 Å². The molecule has 9 nitrogen and oxygen atoms in total. The predicted molar refractivity (Wildman–Crippen MR) is 148 cm³/mol. The third-order valence-corrected chi connectivity index (χ3v) is 6.94. The first-order valence-corrected chi connectivity index (χ1v) is 13.3. The Labute approximate surface area is 229 Å². The van der Waals surface area contributed by atoms with Gasteiger partial charge in [0, 0.05) is 50.5 Å². The van der Waals surface area contributed by atoms with Crippen molar-refractivity contribution in [3.05, 3.63) is 89.6 Å². The third-order valence-electron chi connectivity index (χ3n) is 6.94. The van der Waals surface area contributed by atoms with Gasteiger partial charge in [-0.15, -0.1) is 6.58 Å². The summed E-state index contributed by atoms with van der Waals surface area (Å²) in [6, 6.07) is 15.7. The summed E-state index contributed by atoms with van der Waals surface area (Å²) in [6.07, 6.45) is 2.40. The number of methoxy groups -OCH3 is 1. The summed E-state index contributed by atoms with van der Waals surface area (Å²) in [6.45, 7) is 8.84. The second-order valence-corrected chi connectivity index (χ2v) is 9.43. The molecular formula is C30H36N4O5. The van der Waals surface area contributed by atoms with E-state index in [0.29, 0.717) is 55.3 Å². The van der Waals surface area contributed by atoms with Crippen molar-refractivity contribution in [2.24, 2.45) is 0 Å². The van der Waals surface area contributed by atoms with E-state index in [1.165, 1.54) is 0 Å². The van der Waals surface area contributed by atoms with Crippen LogP contribution in [-0.2, 0) is 9.53 Å². The highest BCUT2D eigenvalue weighted by atomic mass is 16.5. The lowest BCUT2D eigenvalue weighted by Gasteiger charge is -2.38. The summed E-state index contributed by atoms with van der Waals surface area (Å²) >= 11 is 0. The Hall–Kier alpha value is -4.11. The largest absolute Gasteiger partial charge is 0.497 e. The van der Waals surface area contributed by atoms with Gasteiger partial charge >= 0.3 is 12.0 Å². The monoisotopic (exact) mass is 532 g/mol. The zero-order valence-corrected chi connectivity index (χ0v) is 22.6. The molecule has 4 rings (SSSR count). The molecule has 1 fully saturated rings. The summed E-state index contributed by atoms with van der Waals surface area (Å²) in [5.41, 5.74) is 2.40. The Bertz CT molecular complexity index is 1230. The average molecular weight is 533 g/mol. The maximum absolute atomic E-state index is 13.3. The Balaban J connectivity index is 1.61. The SMILES string of the molecule is C=CCN1C(=O)NC(c2ccccc2)C(C(=O)OCC)=C1CN1CCCN(C(=O)c2cccc(OC)c2)CC1. The number of carbonyl (C=O) groups is 3. The molecule has 9 heteroatoms. The molecule has 2 aliphatic rings. The van der Waals surface area contributed by atoms with Crippen LogP contribution in [0.5, 0.6) is 5.75 Å². The second kappa shape index (κ2) is 13.1. The summed E-state index contributed by atoms with van der Waals surface area (Å²) in [5.74, 6) is 0.137. The molecule has 2 heterocycles. The molecule has 206 valence electrons. The van der Waals surface area contributed by atoms with E-state index in [2.05, 4.69) is 16.8 Å². The Morgan fingerprint density at radius 2 is 1.87 bits per heavy atom. The van der Waals surface area contributed by atoms with Gasteiger partial charge in [-0.3, -0.25) is 14.6 Å². The van der Waals surface area contributed by atoms with Gasteiger partial charge in [-0.05, 0) is 37.1 Å². The summed E-state index contributed by atoms with van der Waals surface area (Å²) in [7, 11) is 1.58. The highest BCUT2D eigenvalue weighted by Gasteiger charge is 2.38. The van der Waals surface area contributed by atoms with E-state index < -0.39 is 12.0 Å². The molecular weight excluding hydrogens is 496 g/mol. The molecule has 2 aromatic rings. The lowest BCUT2D eigenvalue weighted by Crippen LogP contribution is -2.51. The van der Waals surface area contributed by atoms with Crippen molar-refractivity contribution in [3.63, 3.8) is 0 Å². The standard InChI is InChI=1S/C30H36N4O5/c1-4-15-34-25(26(29(36)39-5-2)27(31-30(34)37)22-11-7-6-8-12-22)21-32-16-10-17-33(19-18-32)28(35)23-13-9-14-24(20-23)38-3/h4,6-9,11-14,20,27H,1,5,10,15-19,21H2,2-3H3,(H,31,37). The van der Waals surface area contributed by atoms with Crippen LogP contribution < -0.4 is 10.1 Å². The Kier molecular flexibility index (Phi) is 9.38. The molecule has 0 bridgehead atoms. The number of nitrogens with zero attached hydrogens (tertiary/aromatic N) is 3. The molecule has 2 aromatic carbocycles. The number of urea groups is 1. The molecule has 0 spiro atoms. The normalized spacial score (nSPS) is 18.3. The van der Waals surface area contributed by atoms with Crippen LogP contribution in [0.4, 0.5) is 4.79 Å². The lowest BCUT2D eigenvalue weighted by molar-refractivity contribution is -0.139. The highest BCUT2D eigenvalue weighted by Crippen LogP contribution is 2.32. The number of ether oxygens (including phenoxy) is 2. The van der Waals surface area contributed by atoms with Crippen molar-refractivity contribution >= 4 is 17.9 Å². The third kappa shape index (κ3) is 6.49. The minimum atomic E-state index is -0.632. The minimum absolute atomic E-state index is 0.0448. The molecule has 3 amide bonds. The molecule has 0 radical (unpaired) electrons. The molecule has 39 heavy (non-hydrogen) atoms. The fraction of sp³-hybridized carbons (Fsp3) is 0.367. The first kappa shape index (κ1) is 27.9. The van der Waals surface area contributed by atoms with Gasteiger partial charge in [0.25, 0.3) is 5.91 Å². The molecule has 1 N–H and O–H groups in total. The van der Waals surface area contributed by atoms with E-state index in [0.717, 1.165) is 12.0 Å². The predicted octanol–water partition coefficient (Wildman–Crippen LogP) is 3.61. The Morgan fingerprint density at radius 1 is 1.08 bits per heavy atom. The minimum Gasteiger partial charge on any atom is -0.497 e. The molecule has 1 saturated heterocycles. The van der Waals surface area contributed by atoms with Crippen molar-refractivity contribution in [3.8, 4) is 5.75 Å². The van der Waals surface area contributed by atoms with Crippen LogP contribution in [0.15, 0.2) is 78.5 Å². The average Bonchev–Trinajstić information content (AvgIpc) is 3.20. The second-order valence-electron chi connectivity index (χ2n) is 9.43. The highest BCUT2D eigenvalue weighted by molar-refractivity contribution is 5.95. The zero-order valence-electron chi connectivity index (χ0n) is 22.6. The van der Waals surface area contributed by atoms with Crippen molar-refractivity contribution in [2.45, 2.75) is 19.4 Å². The molecule has 0 aliphatic carbocycles. The maximum Gasteiger partial charge on any atom is 0.338 e. The van der Waals surface area contributed by atoms with E-state index in [1.54, 1.807) is 37.1 Å². The number of hydrogen-bond acceptors (Lipinski definition) is 6. The quantitative estimate of drug-likeness (QED) is 0.392. The summed E-state index contributed by atoms with van der Waals surface area (Å²) in [5, 5.41) is 2.98. The number of carbonyl (C=O) groups excluding carboxylic acids is 3. The first-order chi connectivity index (χ1) is 19.0. The summed E-state index contributed by atoms with van der Waals surface area (Å²) in [4.78, 5) is 45.4. The number of esters is 1. The van der Waals surface area contributed by atoms with E-state index in [-0.39, 0.29) is 25.1 Å². The van der Waals surface area contributed by atoms with E-state index in [9.17, 15) is 14.4 Å². The number of amides is 3. The number of rotatable bonds is 9. The van der Waals surface area contributed by atoms with Crippen molar-refractivity contribution < 1.29 is 23.9 Å². The van der Waals surface area contributed by atoms with E-state index >= 15 is 0 Å². The van der Waals surface area contributed by atoms with Gasteiger partial charge in [0.2, 0.25) is 0 Å². The van der Waals surface area contributed by atoms with Gasteiger partial charge < -0.3 is 19.7 Å². The zero-order chi connectivity index (χ0) is 27.8. The topological polar surface area (TPSA) is 91.4 Å². The van der Waals surface area contributed by atoms with Crippen molar-refractivity contribution in [1.82, 2.24) is 20.0 Å². The van der Waals surface area contributed by atoms with Gasteiger partial charge in [-0.2, -0.15) is 0 Å². The van der Waals surface area contributed by atoms with E-state index in [1.807, 2.05) is 47.4 Å². The molecule has 0 aromatic heterocycles. The molecule has 2 aliphatic heterocycles. The number of benzene rings is 2. The first-order valence-electron chi connectivity index (χ1n) is 13.3. The van der Waals surface area contributed by atoms with Crippen LogP contribution in [-0.4, -0.2) is 85.6 Å². The summed E-state index contributed by atoms with van der Waals surface area (Å²) < 4.78 is 10.8. The fourth-order valence-corrected chi connectivity index (χ4v) is 5.02. The van der Waals surface area contributed by atoms with Crippen LogP contribution in [0.3, 0.4) is 0 Å². The Morgan fingerprint density at radius 3 is 2.59 bits per heavy atom. The van der Waals surface area contributed by atoms with Gasteiger partial charge in [0.1, 0.15) is 5.75 Å². The number of hydrogen-bond donors (Lipinski definition) is 1. The van der Waals surface area contributed by atoms with Crippen LogP contribution in [0, 0.1) is 0 Å². The van der Waals surface area contributed by atoms with Gasteiger partial charge in [0.15, 0.2) is 0 Å². The fourth-order valence-electron chi connectivity index (χ4n) is 5.02. The van der Waals surface area contributed by atoms with Crippen LogP contribution >= 0.6 is 0 Å². The van der Waals surface area contributed by atoms with Gasteiger partial charge in [-0.1, -0.05) is 42.5 Å². The van der Waals surface area contributed by atoms with Crippen LogP contribution in [0.2, 0.25) is 0 Å².